The first kappa shape index (κ1) is 12.6. The van der Waals surface area contributed by atoms with E-state index in [1.54, 1.807) is 6.92 Å². The van der Waals surface area contributed by atoms with E-state index in [0.29, 0.717) is 17.1 Å². The van der Waals surface area contributed by atoms with Crippen LogP contribution in [0.2, 0.25) is 0 Å². The second-order valence-electron chi connectivity index (χ2n) is 3.92. The summed E-state index contributed by atoms with van der Waals surface area (Å²) in [5.74, 6) is -1.01. The van der Waals surface area contributed by atoms with Gasteiger partial charge in [-0.2, -0.15) is 4.37 Å². The zero-order valence-corrected chi connectivity index (χ0v) is 10.2. The van der Waals surface area contributed by atoms with Crippen LogP contribution in [0.4, 0.5) is 5.00 Å². The number of nitrogens with one attached hydrogen (secondary N) is 1. The van der Waals surface area contributed by atoms with Crippen molar-refractivity contribution in [2.24, 2.45) is 5.92 Å². The molecule has 1 heterocycles. The molecule has 1 aromatic heterocycles. The van der Waals surface area contributed by atoms with Gasteiger partial charge in [-0.05, 0) is 24.4 Å². The molecule has 88 valence electrons. The number of rotatable bonds is 4. The first-order chi connectivity index (χ1) is 7.41. The number of carboxylic acids is 1. The maximum atomic E-state index is 11.5. The largest absolute Gasteiger partial charge is 0.478 e. The summed E-state index contributed by atoms with van der Waals surface area (Å²) in [6, 6.07) is 0. The van der Waals surface area contributed by atoms with Crippen molar-refractivity contribution in [1.29, 1.82) is 0 Å². The summed E-state index contributed by atoms with van der Waals surface area (Å²) in [7, 11) is 0. The lowest BCUT2D eigenvalue weighted by molar-refractivity contribution is -0.116. The number of aromatic nitrogens is 1. The molecule has 5 nitrogen and oxygen atoms in total. The van der Waals surface area contributed by atoms with Crippen LogP contribution < -0.4 is 5.32 Å². The Morgan fingerprint density at radius 1 is 1.50 bits per heavy atom. The molecule has 1 aromatic rings. The maximum Gasteiger partial charge on any atom is 0.340 e. The van der Waals surface area contributed by atoms with Gasteiger partial charge in [0.2, 0.25) is 5.91 Å². The Kier molecular flexibility index (Phi) is 4.00. The molecule has 0 atom stereocenters. The zero-order chi connectivity index (χ0) is 12.3. The predicted molar refractivity (Wildman–Crippen MR) is 61.9 cm³/mol. The molecule has 1 amide bonds. The molecule has 0 aliphatic rings. The van der Waals surface area contributed by atoms with Crippen molar-refractivity contribution < 1.29 is 14.7 Å². The second kappa shape index (κ2) is 5.07. The molecule has 0 aliphatic carbocycles. The molecule has 0 bridgehead atoms. The van der Waals surface area contributed by atoms with Gasteiger partial charge in [-0.1, -0.05) is 13.8 Å². The van der Waals surface area contributed by atoms with Crippen molar-refractivity contribution in [2.75, 3.05) is 5.32 Å². The summed E-state index contributed by atoms with van der Waals surface area (Å²) in [4.78, 5) is 22.4. The molecule has 6 heteroatoms. The maximum absolute atomic E-state index is 11.5. The fraction of sp³-hybridized carbons (Fsp3) is 0.500. The Balaban J connectivity index is 2.82. The van der Waals surface area contributed by atoms with Gasteiger partial charge in [-0.15, -0.1) is 0 Å². The summed E-state index contributed by atoms with van der Waals surface area (Å²) in [6.07, 6.45) is 0.371. The van der Waals surface area contributed by atoms with Crippen molar-refractivity contribution in [1.82, 2.24) is 4.37 Å². The van der Waals surface area contributed by atoms with E-state index in [0.717, 1.165) is 11.5 Å². The number of hydrogen-bond acceptors (Lipinski definition) is 4. The lowest BCUT2D eigenvalue weighted by Crippen LogP contribution is -2.15. The topological polar surface area (TPSA) is 79.3 Å². The van der Waals surface area contributed by atoms with Crippen LogP contribution in [0.5, 0.6) is 0 Å². The fourth-order valence-electron chi connectivity index (χ4n) is 1.26. The predicted octanol–water partition coefficient (Wildman–Crippen LogP) is 2.13. The molecule has 0 saturated heterocycles. The molecule has 1 rings (SSSR count). The Morgan fingerprint density at radius 2 is 2.12 bits per heavy atom. The number of carboxylic acid groups (broad SMARTS) is 1. The fourth-order valence-corrected chi connectivity index (χ4v) is 2.06. The van der Waals surface area contributed by atoms with Gasteiger partial charge in [0.1, 0.15) is 10.6 Å². The number of nitrogens with zero attached hydrogens (tertiary/aromatic N) is 1. The Bertz CT molecular complexity index is 412. The number of aromatic carboxylic acids is 1. The molecule has 0 aromatic carbocycles. The van der Waals surface area contributed by atoms with Crippen LogP contribution >= 0.6 is 11.5 Å². The van der Waals surface area contributed by atoms with Gasteiger partial charge in [-0.25, -0.2) is 4.79 Å². The third-order valence-corrected chi connectivity index (χ3v) is 2.78. The average molecular weight is 242 g/mol. The first-order valence-corrected chi connectivity index (χ1v) is 5.68. The van der Waals surface area contributed by atoms with Crippen LogP contribution in [-0.2, 0) is 4.79 Å². The van der Waals surface area contributed by atoms with E-state index >= 15 is 0 Å². The molecule has 0 unspecified atom stereocenters. The number of carbonyl (C=O) groups excluding carboxylic acids is 1. The summed E-state index contributed by atoms with van der Waals surface area (Å²) >= 11 is 0.997. The zero-order valence-electron chi connectivity index (χ0n) is 9.40. The van der Waals surface area contributed by atoms with E-state index in [1.165, 1.54) is 0 Å². The third-order valence-electron chi connectivity index (χ3n) is 1.92. The van der Waals surface area contributed by atoms with E-state index in [1.807, 2.05) is 13.8 Å². The number of carbonyl (C=O) groups is 2. The average Bonchev–Trinajstić information content (AvgIpc) is 2.45. The van der Waals surface area contributed by atoms with Crippen molar-refractivity contribution in [3.05, 3.63) is 11.3 Å². The van der Waals surface area contributed by atoms with Gasteiger partial charge in [-0.3, -0.25) is 4.79 Å². The van der Waals surface area contributed by atoms with Gasteiger partial charge < -0.3 is 10.4 Å². The monoisotopic (exact) mass is 242 g/mol. The van der Waals surface area contributed by atoms with Crippen LogP contribution in [0.3, 0.4) is 0 Å². The standard InChI is InChI=1S/C10H14N2O3S/c1-5(2)4-7(13)11-9-8(10(14)15)6(3)12-16-9/h5H,4H2,1-3H3,(H,11,13)(H,14,15). The second-order valence-corrected chi connectivity index (χ2v) is 4.70. The number of amides is 1. The van der Waals surface area contributed by atoms with Crippen molar-refractivity contribution >= 4 is 28.4 Å². The minimum atomic E-state index is -1.06. The Labute approximate surface area is 97.7 Å². The highest BCUT2D eigenvalue weighted by molar-refractivity contribution is 7.11. The molecular weight excluding hydrogens is 228 g/mol. The van der Waals surface area contributed by atoms with Crippen molar-refractivity contribution in [3.8, 4) is 0 Å². The minimum Gasteiger partial charge on any atom is -0.478 e. The van der Waals surface area contributed by atoms with Crippen LogP contribution in [0, 0.1) is 12.8 Å². The molecule has 0 aliphatic heterocycles. The minimum absolute atomic E-state index is 0.0853. The molecule has 0 fully saturated rings. The van der Waals surface area contributed by atoms with Crippen LogP contribution in [-0.4, -0.2) is 21.4 Å². The highest BCUT2D eigenvalue weighted by Crippen LogP contribution is 2.24. The number of anilines is 1. The summed E-state index contributed by atoms with van der Waals surface area (Å²) < 4.78 is 3.92. The van der Waals surface area contributed by atoms with E-state index in [4.69, 9.17) is 5.11 Å². The van der Waals surface area contributed by atoms with Gasteiger partial charge >= 0.3 is 5.97 Å². The molecule has 0 spiro atoms. The smallest absolute Gasteiger partial charge is 0.340 e. The van der Waals surface area contributed by atoms with E-state index in [2.05, 4.69) is 9.69 Å². The normalized spacial score (nSPS) is 10.5. The molecule has 0 saturated carbocycles. The molecular formula is C10H14N2O3S. The highest BCUT2D eigenvalue weighted by atomic mass is 32.1. The molecule has 2 N–H and O–H groups in total. The van der Waals surface area contributed by atoms with Crippen LogP contribution in [0.25, 0.3) is 0 Å². The third kappa shape index (κ3) is 3.03. The highest BCUT2D eigenvalue weighted by Gasteiger charge is 2.19. The molecule has 16 heavy (non-hydrogen) atoms. The first-order valence-electron chi connectivity index (χ1n) is 4.91. The van der Waals surface area contributed by atoms with Crippen molar-refractivity contribution in [2.45, 2.75) is 27.2 Å². The van der Waals surface area contributed by atoms with Crippen molar-refractivity contribution in [3.63, 3.8) is 0 Å². The SMILES string of the molecule is Cc1nsc(NC(=O)CC(C)C)c1C(=O)O. The quantitative estimate of drug-likeness (QED) is 0.847. The Morgan fingerprint density at radius 3 is 2.62 bits per heavy atom. The lowest BCUT2D eigenvalue weighted by atomic mass is 10.1. The summed E-state index contributed by atoms with van der Waals surface area (Å²) in [5, 5.41) is 11.8. The number of aryl methyl sites for hydroxylation is 1. The Hall–Kier alpha value is -1.43. The van der Waals surface area contributed by atoms with Gasteiger partial charge in [0.25, 0.3) is 0 Å². The lowest BCUT2D eigenvalue weighted by Gasteiger charge is -2.05. The summed E-state index contributed by atoms with van der Waals surface area (Å²) in [5.41, 5.74) is 0.513. The van der Waals surface area contributed by atoms with E-state index < -0.39 is 5.97 Å². The van der Waals surface area contributed by atoms with Crippen LogP contribution in [0.1, 0.15) is 36.3 Å². The van der Waals surface area contributed by atoms with Crippen LogP contribution in [0.15, 0.2) is 0 Å². The van der Waals surface area contributed by atoms with Gasteiger partial charge in [0.05, 0.1) is 5.69 Å². The summed E-state index contributed by atoms with van der Waals surface area (Å²) in [6.45, 7) is 5.46. The molecule has 0 radical (unpaired) electrons. The van der Waals surface area contributed by atoms with Gasteiger partial charge in [0, 0.05) is 6.42 Å². The van der Waals surface area contributed by atoms with E-state index in [-0.39, 0.29) is 17.4 Å². The van der Waals surface area contributed by atoms with E-state index in [9.17, 15) is 9.59 Å². The van der Waals surface area contributed by atoms with Gasteiger partial charge in [0.15, 0.2) is 0 Å². The number of hydrogen-bond donors (Lipinski definition) is 2.